The molecule has 1 fully saturated rings. The Morgan fingerprint density at radius 2 is 1.96 bits per heavy atom. The van der Waals surface area contributed by atoms with Crippen LogP contribution in [-0.4, -0.2) is 62.2 Å². The lowest BCUT2D eigenvalue weighted by atomic mass is 10.1. The molecule has 0 saturated carbocycles. The molecule has 1 aromatic rings. The molecule has 0 atom stereocenters. The molecule has 0 aliphatic carbocycles. The minimum atomic E-state index is -0.0160. The number of hydrogen-bond donors (Lipinski definition) is 2. The molecule has 1 heterocycles. The van der Waals surface area contributed by atoms with Crippen LogP contribution in [0.4, 0.5) is 5.69 Å². The first kappa shape index (κ1) is 23.5. The fourth-order valence-corrected chi connectivity index (χ4v) is 3.33. The maximum atomic E-state index is 12.0. The minimum Gasteiger partial charge on any atom is -0.383 e. The number of rotatable bonds is 8. The first-order valence-corrected chi connectivity index (χ1v) is 8.82. The van der Waals surface area contributed by atoms with Gasteiger partial charge in [-0.05, 0) is 11.6 Å². The number of amides is 1. The van der Waals surface area contributed by atoms with Crippen LogP contribution in [0.15, 0.2) is 24.3 Å². The third kappa shape index (κ3) is 8.55. The summed E-state index contributed by atoms with van der Waals surface area (Å²) in [5.41, 5.74) is 2.10. The summed E-state index contributed by atoms with van der Waals surface area (Å²) in [6.07, 6.45) is 0. The van der Waals surface area contributed by atoms with E-state index in [1.807, 2.05) is 30.0 Å². The number of halogens is 2. The van der Waals surface area contributed by atoms with E-state index in [0.717, 1.165) is 25.3 Å². The summed E-state index contributed by atoms with van der Waals surface area (Å²) in [5, 5.41) is 6.06. The van der Waals surface area contributed by atoms with E-state index in [0.29, 0.717) is 19.7 Å². The molecule has 1 aliphatic rings. The molecule has 1 aliphatic heterocycles. The Labute approximate surface area is 161 Å². The molecule has 0 unspecified atom stereocenters. The van der Waals surface area contributed by atoms with E-state index in [2.05, 4.69) is 21.6 Å². The van der Waals surface area contributed by atoms with Gasteiger partial charge in [0.1, 0.15) is 0 Å². The number of benzene rings is 1. The summed E-state index contributed by atoms with van der Waals surface area (Å²) in [7, 11) is 1.65. The molecular formula is C16H27Cl2N3O2S. The lowest BCUT2D eigenvalue weighted by Crippen LogP contribution is -2.33. The lowest BCUT2D eigenvalue weighted by molar-refractivity contribution is -0.115. The van der Waals surface area contributed by atoms with Crippen molar-refractivity contribution in [1.29, 1.82) is 0 Å². The summed E-state index contributed by atoms with van der Waals surface area (Å²) in [4.78, 5) is 14.4. The number of carbonyl (C=O) groups excluding carboxylic acids is 1. The van der Waals surface area contributed by atoms with Gasteiger partial charge in [0, 0.05) is 50.5 Å². The fourth-order valence-electron chi connectivity index (χ4n) is 2.35. The third-order valence-electron chi connectivity index (χ3n) is 3.56. The van der Waals surface area contributed by atoms with Crippen molar-refractivity contribution in [2.75, 3.05) is 56.7 Å². The number of thioether (sulfide) groups is 1. The van der Waals surface area contributed by atoms with Gasteiger partial charge in [-0.1, -0.05) is 18.2 Å². The van der Waals surface area contributed by atoms with E-state index in [-0.39, 0.29) is 30.7 Å². The topological polar surface area (TPSA) is 53.6 Å². The SMILES string of the molecule is COCCNCC(=O)Nc1ccccc1CN1CCSCC1.Cl.Cl. The minimum absolute atomic E-state index is 0. The van der Waals surface area contributed by atoms with E-state index >= 15 is 0 Å². The zero-order valence-electron chi connectivity index (χ0n) is 14.0. The first-order valence-electron chi connectivity index (χ1n) is 7.67. The maximum absolute atomic E-state index is 12.0. The molecule has 1 amide bonds. The second-order valence-corrected chi connectivity index (χ2v) is 6.49. The number of nitrogens with one attached hydrogen (secondary N) is 2. The summed E-state index contributed by atoms with van der Waals surface area (Å²) in [6.45, 7) is 4.72. The largest absolute Gasteiger partial charge is 0.383 e. The molecule has 1 saturated heterocycles. The highest BCUT2D eigenvalue weighted by Gasteiger charge is 2.13. The van der Waals surface area contributed by atoms with E-state index in [4.69, 9.17) is 4.74 Å². The molecule has 138 valence electrons. The smallest absolute Gasteiger partial charge is 0.238 e. The third-order valence-corrected chi connectivity index (χ3v) is 4.50. The van der Waals surface area contributed by atoms with Gasteiger partial charge in [-0.2, -0.15) is 11.8 Å². The molecule has 2 N–H and O–H groups in total. The van der Waals surface area contributed by atoms with Crippen molar-refractivity contribution in [3.05, 3.63) is 29.8 Å². The highest BCUT2D eigenvalue weighted by Crippen LogP contribution is 2.19. The first-order chi connectivity index (χ1) is 10.8. The normalized spacial score (nSPS) is 14.4. The van der Waals surface area contributed by atoms with Crippen LogP contribution in [0.3, 0.4) is 0 Å². The Bertz CT molecular complexity index is 474. The van der Waals surface area contributed by atoms with Crippen molar-refractivity contribution in [2.45, 2.75) is 6.54 Å². The van der Waals surface area contributed by atoms with Crippen LogP contribution in [0.25, 0.3) is 0 Å². The van der Waals surface area contributed by atoms with Gasteiger partial charge in [-0.25, -0.2) is 0 Å². The second-order valence-electron chi connectivity index (χ2n) is 5.26. The predicted octanol–water partition coefficient (Wildman–Crippen LogP) is 2.25. The molecule has 1 aromatic carbocycles. The Balaban J connectivity index is 0.00000264. The van der Waals surface area contributed by atoms with Crippen molar-refractivity contribution in [1.82, 2.24) is 10.2 Å². The number of ether oxygens (including phenoxy) is 1. The van der Waals surface area contributed by atoms with Crippen LogP contribution < -0.4 is 10.6 Å². The van der Waals surface area contributed by atoms with Crippen LogP contribution in [0.2, 0.25) is 0 Å². The van der Waals surface area contributed by atoms with E-state index < -0.39 is 0 Å². The number of para-hydroxylation sites is 1. The van der Waals surface area contributed by atoms with Crippen LogP contribution >= 0.6 is 36.6 Å². The van der Waals surface area contributed by atoms with E-state index in [1.54, 1.807) is 7.11 Å². The van der Waals surface area contributed by atoms with Gasteiger partial charge >= 0.3 is 0 Å². The standard InChI is InChI=1S/C16H25N3O2S.2ClH/c1-21-9-6-17-12-16(20)18-15-5-3-2-4-14(15)13-19-7-10-22-11-8-19;;/h2-5,17H,6-13H2,1H3,(H,18,20);2*1H. The molecule has 24 heavy (non-hydrogen) atoms. The van der Waals surface area contributed by atoms with Gasteiger partial charge in [-0.3, -0.25) is 9.69 Å². The fraction of sp³-hybridized carbons (Fsp3) is 0.562. The van der Waals surface area contributed by atoms with Crippen molar-refractivity contribution in [3.63, 3.8) is 0 Å². The number of nitrogens with zero attached hydrogens (tertiary/aromatic N) is 1. The Hall–Kier alpha value is -0.500. The Morgan fingerprint density at radius 1 is 1.25 bits per heavy atom. The summed E-state index contributed by atoms with van der Waals surface area (Å²) in [5.74, 6) is 2.37. The van der Waals surface area contributed by atoms with Gasteiger partial charge in [0.05, 0.1) is 13.2 Å². The van der Waals surface area contributed by atoms with E-state index in [9.17, 15) is 4.79 Å². The van der Waals surface area contributed by atoms with Gasteiger partial charge in [-0.15, -0.1) is 24.8 Å². The highest BCUT2D eigenvalue weighted by molar-refractivity contribution is 7.99. The predicted molar refractivity (Wildman–Crippen MR) is 107 cm³/mol. The van der Waals surface area contributed by atoms with Crippen LogP contribution in [0, 0.1) is 0 Å². The number of carbonyl (C=O) groups is 1. The van der Waals surface area contributed by atoms with Gasteiger partial charge in [0.2, 0.25) is 5.91 Å². The van der Waals surface area contributed by atoms with E-state index in [1.165, 1.54) is 17.1 Å². The van der Waals surface area contributed by atoms with Gasteiger partial charge < -0.3 is 15.4 Å². The van der Waals surface area contributed by atoms with Crippen LogP contribution in [-0.2, 0) is 16.1 Å². The molecule has 0 radical (unpaired) electrons. The summed E-state index contributed by atoms with van der Waals surface area (Å²) < 4.78 is 4.94. The van der Waals surface area contributed by atoms with Gasteiger partial charge in [0.15, 0.2) is 0 Å². The highest BCUT2D eigenvalue weighted by atomic mass is 35.5. The zero-order chi connectivity index (χ0) is 15.6. The zero-order valence-corrected chi connectivity index (χ0v) is 16.4. The molecule has 5 nitrogen and oxygen atoms in total. The lowest BCUT2D eigenvalue weighted by Gasteiger charge is -2.27. The number of methoxy groups -OCH3 is 1. The maximum Gasteiger partial charge on any atom is 0.238 e. The molecule has 0 spiro atoms. The van der Waals surface area contributed by atoms with Crippen molar-refractivity contribution >= 4 is 48.2 Å². The van der Waals surface area contributed by atoms with Crippen molar-refractivity contribution < 1.29 is 9.53 Å². The molecule has 2 rings (SSSR count). The number of hydrogen-bond acceptors (Lipinski definition) is 5. The Kier molecular flexibility index (Phi) is 13.5. The second kappa shape index (κ2) is 13.8. The summed E-state index contributed by atoms with van der Waals surface area (Å²) >= 11 is 2.01. The average molecular weight is 396 g/mol. The van der Waals surface area contributed by atoms with Crippen LogP contribution in [0.5, 0.6) is 0 Å². The average Bonchev–Trinajstić information content (AvgIpc) is 2.54. The Morgan fingerprint density at radius 3 is 2.67 bits per heavy atom. The molecule has 0 bridgehead atoms. The molecule has 0 aromatic heterocycles. The number of anilines is 1. The summed E-state index contributed by atoms with van der Waals surface area (Å²) in [6, 6.07) is 8.06. The van der Waals surface area contributed by atoms with Gasteiger partial charge in [0.25, 0.3) is 0 Å². The monoisotopic (exact) mass is 395 g/mol. The molecule has 8 heteroatoms. The molecular weight excluding hydrogens is 369 g/mol. The van der Waals surface area contributed by atoms with Crippen LogP contribution in [0.1, 0.15) is 5.56 Å². The quantitative estimate of drug-likeness (QED) is 0.661. The van der Waals surface area contributed by atoms with Crippen molar-refractivity contribution in [3.8, 4) is 0 Å². The van der Waals surface area contributed by atoms with Crippen molar-refractivity contribution in [2.24, 2.45) is 0 Å².